The maximum Gasteiger partial charge on any atom is 1.00 e. The van der Waals surface area contributed by atoms with E-state index in [0.717, 1.165) is 17.5 Å². The molecule has 0 heterocycles. The topological polar surface area (TPSA) is 81.6 Å². The Morgan fingerprint density at radius 2 is 1.93 bits per heavy atom. The Morgan fingerprint density at radius 1 is 1.26 bits per heavy atom. The molecule has 0 amide bonds. The Balaban J connectivity index is 0. The Kier molecular flexibility index (Phi) is 13.9. The molecule has 5 nitrogen and oxygen atoms in total. The standard InChI is InChI=1S/C19H22ClNO4.2Na.H/c1-13(21-11-18(22)15-3-2-4-16(20)10-15)9-14-5-7-17(8-6-14)25-12-19(23)24;;;/h2-8,10,13,18,21-22H,9,11-12H2,1H3,(H,23,24);;;/q;2*+1;-1/p-1/t13-,18+;;;/m1.../s1. The van der Waals surface area contributed by atoms with Crippen LogP contribution in [-0.2, 0) is 11.2 Å². The molecular formula is C19H22ClNNa2O4. The molecule has 0 bridgehead atoms. The third-order valence-electron chi connectivity index (χ3n) is 3.72. The number of carboxylic acid groups (broad SMARTS) is 1. The molecule has 0 fully saturated rings. The van der Waals surface area contributed by atoms with Crippen molar-refractivity contribution in [2.75, 3.05) is 13.2 Å². The first kappa shape index (κ1) is 26.9. The number of carboxylic acids is 1. The van der Waals surface area contributed by atoms with Crippen molar-refractivity contribution >= 4 is 17.6 Å². The fourth-order valence-electron chi connectivity index (χ4n) is 2.43. The maximum absolute atomic E-state index is 10.4. The molecule has 136 valence electrons. The monoisotopic (exact) mass is 409 g/mol. The molecule has 2 N–H and O–H groups in total. The first-order chi connectivity index (χ1) is 11.9. The number of aliphatic carboxylic acids is 1. The average molecular weight is 410 g/mol. The maximum atomic E-state index is 10.4. The third-order valence-corrected chi connectivity index (χ3v) is 3.95. The SMILES string of the molecule is C[C@H](Cc1ccc(OCC(=O)[O-])cc1)NC[C@H](O)c1cccc(Cl)c1.[H-].[Na+].[Na+]. The molecule has 0 radical (unpaired) electrons. The van der Waals surface area contributed by atoms with E-state index in [9.17, 15) is 15.0 Å². The van der Waals surface area contributed by atoms with Crippen LogP contribution >= 0.6 is 11.6 Å². The molecule has 2 rings (SSSR count). The van der Waals surface area contributed by atoms with Gasteiger partial charge in [0.2, 0.25) is 0 Å². The minimum absolute atomic E-state index is 0. The second-order valence-corrected chi connectivity index (χ2v) is 6.33. The number of nitrogens with one attached hydrogen (secondary N) is 1. The van der Waals surface area contributed by atoms with E-state index in [4.69, 9.17) is 16.3 Å². The van der Waals surface area contributed by atoms with Crippen molar-refractivity contribution in [3.05, 3.63) is 64.7 Å². The van der Waals surface area contributed by atoms with E-state index in [0.29, 0.717) is 17.3 Å². The van der Waals surface area contributed by atoms with E-state index in [2.05, 4.69) is 5.32 Å². The zero-order valence-electron chi connectivity index (χ0n) is 16.9. The Bertz CT molecular complexity index is 707. The van der Waals surface area contributed by atoms with Crippen molar-refractivity contribution in [3.8, 4) is 5.75 Å². The molecule has 2 aromatic rings. The summed E-state index contributed by atoms with van der Waals surface area (Å²) < 4.78 is 5.04. The Hall–Kier alpha value is -0.0800. The molecule has 0 saturated carbocycles. The number of hydrogen-bond donors (Lipinski definition) is 2. The van der Waals surface area contributed by atoms with Crippen LogP contribution in [0.4, 0.5) is 0 Å². The second kappa shape index (κ2) is 14.0. The predicted molar refractivity (Wildman–Crippen MR) is 95.6 cm³/mol. The molecule has 0 aromatic heterocycles. The van der Waals surface area contributed by atoms with Crippen LogP contribution in [0.2, 0.25) is 5.02 Å². The van der Waals surface area contributed by atoms with Gasteiger partial charge in [0, 0.05) is 17.6 Å². The van der Waals surface area contributed by atoms with E-state index >= 15 is 0 Å². The van der Waals surface area contributed by atoms with Gasteiger partial charge in [0.15, 0.2) is 0 Å². The smallest absolute Gasteiger partial charge is 1.00 e. The van der Waals surface area contributed by atoms with Crippen molar-refractivity contribution in [1.29, 1.82) is 0 Å². The van der Waals surface area contributed by atoms with Crippen LogP contribution in [0.5, 0.6) is 5.75 Å². The summed E-state index contributed by atoms with van der Waals surface area (Å²) in [5, 5.41) is 24.5. The van der Waals surface area contributed by atoms with Crippen LogP contribution < -0.4 is 74.3 Å². The molecule has 27 heavy (non-hydrogen) atoms. The van der Waals surface area contributed by atoms with Crippen molar-refractivity contribution < 1.29 is 80.3 Å². The number of aliphatic hydroxyl groups is 1. The second-order valence-electron chi connectivity index (χ2n) is 5.89. The number of aliphatic hydroxyl groups excluding tert-OH is 1. The van der Waals surface area contributed by atoms with Gasteiger partial charge in [-0.15, -0.1) is 0 Å². The van der Waals surface area contributed by atoms with Gasteiger partial charge in [-0.05, 0) is 48.7 Å². The fraction of sp³-hybridized carbons (Fsp3) is 0.316. The van der Waals surface area contributed by atoms with Crippen molar-refractivity contribution in [2.45, 2.75) is 25.5 Å². The molecular weight excluding hydrogens is 388 g/mol. The van der Waals surface area contributed by atoms with Crippen LogP contribution in [0.3, 0.4) is 0 Å². The van der Waals surface area contributed by atoms with Crippen LogP contribution in [-0.4, -0.2) is 30.3 Å². The molecule has 0 aliphatic carbocycles. The van der Waals surface area contributed by atoms with Gasteiger partial charge in [0.1, 0.15) is 12.4 Å². The Labute approximate surface area is 210 Å². The molecule has 0 saturated heterocycles. The van der Waals surface area contributed by atoms with Crippen LogP contribution in [0.25, 0.3) is 0 Å². The van der Waals surface area contributed by atoms with Gasteiger partial charge in [0.05, 0.1) is 12.1 Å². The average Bonchev–Trinajstić information content (AvgIpc) is 2.59. The van der Waals surface area contributed by atoms with E-state index in [1.165, 1.54) is 0 Å². The molecule has 0 aliphatic heterocycles. The van der Waals surface area contributed by atoms with Crippen molar-refractivity contribution in [2.24, 2.45) is 0 Å². The normalized spacial score (nSPS) is 12.3. The zero-order chi connectivity index (χ0) is 18.2. The van der Waals surface area contributed by atoms with Gasteiger partial charge >= 0.3 is 59.1 Å². The molecule has 0 unspecified atom stereocenters. The van der Waals surface area contributed by atoms with Crippen molar-refractivity contribution in [1.82, 2.24) is 5.32 Å². The minimum atomic E-state index is -1.25. The predicted octanol–water partition coefficient (Wildman–Crippen LogP) is -4.16. The van der Waals surface area contributed by atoms with E-state index in [1.54, 1.807) is 24.3 Å². The summed E-state index contributed by atoms with van der Waals surface area (Å²) in [6.45, 7) is 2.00. The molecule has 0 spiro atoms. The summed E-state index contributed by atoms with van der Waals surface area (Å²) in [5.74, 6) is -0.759. The zero-order valence-corrected chi connectivity index (χ0v) is 20.7. The summed E-state index contributed by atoms with van der Waals surface area (Å²) in [6, 6.07) is 14.6. The number of benzene rings is 2. The first-order valence-corrected chi connectivity index (χ1v) is 8.40. The van der Waals surface area contributed by atoms with Crippen molar-refractivity contribution in [3.63, 3.8) is 0 Å². The van der Waals surface area contributed by atoms with E-state index < -0.39 is 18.7 Å². The largest absolute Gasteiger partial charge is 1.00 e. The quantitative estimate of drug-likeness (QED) is 0.411. The minimum Gasteiger partial charge on any atom is -1.00 e. The summed E-state index contributed by atoms with van der Waals surface area (Å²) in [6.07, 6.45) is 0.143. The summed E-state index contributed by atoms with van der Waals surface area (Å²) in [4.78, 5) is 10.4. The Morgan fingerprint density at radius 3 is 2.52 bits per heavy atom. The number of ether oxygens (including phenoxy) is 1. The number of hydrogen-bond acceptors (Lipinski definition) is 5. The summed E-state index contributed by atoms with van der Waals surface area (Å²) in [5.41, 5.74) is 1.86. The summed E-state index contributed by atoms with van der Waals surface area (Å²) >= 11 is 5.93. The number of halogens is 1. The van der Waals surface area contributed by atoms with Gasteiger partial charge in [0.25, 0.3) is 0 Å². The molecule has 8 heteroatoms. The van der Waals surface area contributed by atoms with Gasteiger partial charge < -0.3 is 26.5 Å². The van der Waals surface area contributed by atoms with E-state index in [-0.39, 0.29) is 66.6 Å². The fourth-order valence-corrected chi connectivity index (χ4v) is 2.63. The first-order valence-electron chi connectivity index (χ1n) is 8.02. The van der Waals surface area contributed by atoms with Crippen LogP contribution in [0.15, 0.2) is 48.5 Å². The summed E-state index contributed by atoms with van der Waals surface area (Å²) in [7, 11) is 0. The number of rotatable bonds is 9. The molecule has 2 atom stereocenters. The van der Waals surface area contributed by atoms with Gasteiger partial charge in [-0.25, -0.2) is 0 Å². The van der Waals surface area contributed by atoms with Gasteiger partial charge in [-0.2, -0.15) is 0 Å². The van der Waals surface area contributed by atoms with Crippen LogP contribution in [0, 0.1) is 0 Å². The van der Waals surface area contributed by atoms with Crippen LogP contribution in [0.1, 0.15) is 25.6 Å². The van der Waals surface area contributed by atoms with E-state index in [1.807, 2.05) is 31.2 Å². The number of carbonyl (C=O) groups excluding carboxylic acids is 1. The van der Waals surface area contributed by atoms with Gasteiger partial charge in [-0.3, -0.25) is 0 Å². The number of carbonyl (C=O) groups is 1. The third kappa shape index (κ3) is 10.3. The molecule has 0 aliphatic rings. The molecule has 2 aromatic carbocycles. The van der Waals surface area contributed by atoms with Gasteiger partial charge in [-0.1, -0.05) is 35.9 Å².